The Bertz CT molecular complexity index is 968. The lowest BCUT2D eigenvalue weighted by molar-refractivity contribution is 0.00165. The summed E-state index contributed by atoms with van der Waals surface area (Å²) in [6.07, 6.45) is 7.47. The lowest BCUT2D eigenvalue weighted by atomic mass is 9.53. The normalized spacial score (nSPS) is 34.6. The second-order valence-corrected chi connectivity index (χ2v) is 9.21. The SMILES string of the molecule is O=C1C(=NC23CC4CC(CC(C4)C2)C3)c2cc(O)ccc2-c2ccccc21. The number of Topliss-reactive ketones (excluding diaryl/α,β-unsaturated/α-hetero) is 1. The maximum absolute atomic E-state index is 13.4. The summed E-state index contributed by atoms with van der Waals surface area (Å²) in [5.41, 5.74) is 4.00. The third-order valence-electron chi connectivity index (χ3n) is 7.29. The monoisotopic (exact) mass is 357 g/mol. The van der Waals surface area contributed by atoms with Gasteiger partial charge in [-0.3, -0.25) is 9.79 Å². The fourth-order valence-electron chi connectivity index (χ4n) is 6.68. The van der Waals surface area contributed by atoms with Crippen LogP contribution in [-0.4, -0.2) is 22.1 Å². The van der Waals surface area contributed by atoms with Crippen LogP contribution >= 0.6 is 0 Å². The van der Waals surface area contributed by atoms with Gasteiger partial charge >= 0.3 is 0 Å². The fourth-order valence-corrected chi connectivity index (χ4v) is 6.68. The molecule has 2 aromatic carbocycles. The van der Waals surface area contributed by atoms with Crippen molar-refractivity contribution in [2.45, 2.75) is 44.1 Å². The minimum absolute atomic E-state index is 0.0134. The van der Waals surface area contributed by atoms with Crippen molar-refractivity contribution in [2.24, 2.45) is 22.7 Å². The van der Waals surface area contributed by atoms with Crippen molar-refractivity contribution in [3.63, 3.8) is 0 Å². The quantitative estimate of drug-likeness (QED) is 0.779. The number of aliphatic imine (C=N–C) groups is 1. The maximum atomic E-state index is 13.4. The van der Waals surface area contributed by atoms with Crippen molar-refractivity contribution in [2.75, 3.05) is 0 Å². The van der Waals surface area contributed by atoms with Crippen LogP contribution < -0.4 is 0 Å². The van der Waals surface area contributed by atoms with Gasteiger partial charge in [0.25, 0.3) is 0 Å². The molecule has 136 valence electrons. The molecule has 5 aliphatic rings. The Balaban J connectivity index is 1.54. The van der Waals surface area contributed by atoms with Crippen molar-refractivity contribution >= 4 is 11.5 Å². The largest absolute Gasteiger partial charge is 0.508 e. The molecular formula is C24H23NO2. The van der Waals surface area contributed by atoms with Crippen LogP contribution in [0.3, 0.4) is 0 Å². The highest BCUT2D eigenvalue weighted by Gasteiger charge is 2.51. The van der Waals surface area contributed by atoms with Gasteiger partial charge in [-0.05, 0) is 85.6 Å². The predicted octanol–water partition coefficient (Wildman–Crippen LogP) is 5.01. The van der Waals surface area contributed by atoms with Crippen LogP contribution in [0.25, 0.3) is 11.1 Å². The van der Waals surface area contributed by atoms with Gasteiger partial charge in [-0.1, -0.05) is 24.3 Å². The predicted molar refractivity (Wildman–Crippen MR) is 105 cm³/mol. The number of carbonyl (C=O) groups excluding carboxylic acids is 1. The molecule has 4 fully saturated rings. The minimum atomic E-state index is -0.0608. The summed E-state index contributed by atoms with van der Waals surface area (Å²) in [6, 6.07) is 13.1. The van der Waals surface area contributed by atoms with Crippen LogP contribution in [0.2, 0.25) is 0 Å². The lowest BCUT2D eigenvalue weighted by Gasteiger charge is -2.55. The molecule has 0 spiro atoms. The Morgan fingerprint density at radius 1 is 0.815 bits per heavy atom. The van der Waals surface area contributed by atoms with Crippen LogP contribution in [0.15, 0.2) is 47.5 Å². The van der Waals surface area contributed by atoms with Crippen LogP contribution in [0.1, 0.15) is 54.4 Å². The van der Waals surface area contributed by atoms with E-state index in [1.807, 2.05) is 30.3 Å². The number of phenols is 1. The van der Waals surface area contributed by atoms with Crippen LogP contribution in [0, 0.1) is 17.8 Å². The van der Waals surface area contributed by atoms with E-state index in [0.29, 0.717) is 5.71 Å². The lowest BCUT2D eigenvalue weighted by Crippen LogP contribution is -2.50. The van der Waals surface area contributed by atoms with E-state index in [2.05, 4.69) is 0 Å². The van der Waals surface area contributed by atoms with Crippen LogP contribution in [-0.2, 0) is 0 Å². The molecule has 5 aliphatic carbocycles. The highest BCUT2D eigenvalue weighted by Crippen LogP contribution is 2.57. The molecule has 3 nitrogen and oxygen atoms in total. The maximum Gasteiger partial charge on any atom is 0.212 e. The first kappa shape index (κ1) is 15.6. The molecule has 0 aliphatic heterocycles. The summed E-state index contributed by atoms with van der Waals surface area (Å²) < 4.78 is 0. The number of hydrogen-bond acceptors (Lipinski definition) is 3. The zero-order chi connectivity index (χ0) is 18.2. The zero-order valence-corrected chi connectivity index (χ0v) is 15.3. The van der Waals surface area contributed by atoms with Crippen LogP contribution in [0.4, 0.5) is 0 Å². The Morgan fingerprint density at radius 3 is 2.07 bits per heavy atom. The topological polar surface area (TPSA) is 49.7 Å². The number of fused-ring (bicyclic) bond motifs is 3. The van der Waals surface area contributed by atoms with E-state index in [4.69, 9.17) is 4.99 Å². The number of hydrogen-bond donors (Lipinski definition) is 1. The summed E-state index contributed by atoms with van der Waals surface area (Å²) in [6.45, 7) is 0. The van der Waals surface area contributed by atoms with Gasteiger partial charge in [-0.25, -0.2) is 0 Å². The molecular weight excluding hydrogens is 334 g/mol. The minimum Gasteiger partial charge on any atom is -0.508 e. The number of nitrogens with zero attached hydrogens (tertiary/aromatic N) is 1. The Hall–Kier alpha value is -2.42. The first-order valence-corrected chi connectivity index (χ1v) is 10.2. The number of phenolic OH excluding ortho intramolecular Hbond substituents is 1. The third kappa shape index (κ3) is 2.27. The van der Waals surface area contributed by atoms with E-state index in [1.165, 1.54) is 19.3 Å². The highest BCUT2D eigenvalue weighted by molar-refractivity contribution is 6.55. The van der Waals surface area contributed by atoms with Crippen molar-refractivity contribution in [1.29, 1.82) is 0 Å². The molecule has 0 unspecified atom stereocenters. The number of aromatic hydroxyl groups is 1. The summed E-state index contributed by atoms with van der Waals surface area (Å²) in [4.78, 5) is 18.6. The van der Waals surface area contributed by atoms with E-state index >= 15 is 0 Å². The van der Waals surface area contributed by atoms with E-state index < -0.39 is 0 Å². The molecule has 7 rings (SSSR count). The van der Waals surface area contributed by atoms with Gasteiger partial charge in [0.2, 0.25) is 5.78 Å². The smallest absolute Gasteiger partial charge is 0.212 e. The Kier molecular flexibility index (Phi) is 3.07. The molecule has 3 heteroatoms. The number of benzene rings is 2. The molecule has 4 saturated carbocycles. The van der Waals surface area contributed by atoms with Crippen molar-refractivity contribution in [3.05, 3.63) is 53.6 Å². The second kappa shape index (κ2) is 5.31. The molecule has 27 heavy (non-hydrogen) atoms. The number of ketones is 1. The standard InChI is InChI=1S/C24H23NO2/c26-17-5-6-19-18-3-1-2-4-20(18)23(27)22(21(19)10-17)25-24-11-14-7-15(12-24)9-16(8-14)13-24/h1-6,10,14-16,26H,7-9,11-13H2. The van der Waals surface area contributed by atoms with E-state index in [-0.39, 0.29) is 17.1 Å². The van der Waals surface area contributed by atoms with Gasteiger partial charge in [0.15, 0.2) is 0 Å². The Morgan fingerprint density at radius 2 is 1.41 bits per heavy atom. The molecule has 0 radical (unpaired) electrons. The summed E-state index contributed by atoms with van der Waals surface area (Å²) in [7, 11) is 0. The van der Waals surface area contributed by atoms with Gasteiger partial charge in [-0.2, -0.15) is 0 Å². The molecule has 2 aromatic rings. The molecule has 0 atom stereocenters. The summed E-state index contributed by atoms with van der Waals surface area (Å²) in [5, 5.41) is 10.1. The molecule has 0 saturated heterocycles. The Labute approximate surface area is 159 Å². The van der Waals surface area contributed by atoms with Crippen molar-refractivity contribution < 1.29 is 9.90 Å². The second-order valence-electron chi connectivity index (χ2n) is 9.21. The van der Waals surface area contributed by atoms with E-state index in [9.17, 15) is 9.90 Å². The molecule has 0 aromatic heterocycles. The highest BCUT2D eigenvalue weighted by atomic mass is 16.3. The first-order valence-electron chi connectivity index (χ1n) is 10.2. The van der Waals surface area contributed by atoms with Gasteiger partial charge in [0.1, 0.15) is 11.5 Å². The number of carbonyl (C=O) groups is 1. The fraction of sp³-hybridized carbons (Fsp3) is 0.417. The average molecular weight is 357 g/mol. The van der Waals surface area contributed by atoms with Gasteiger partial charge < -0.3 is 5.11 Å². The first-order chi connectivity index (χ1) is 13.1. The third-order valence-corrected chi connectivity index (χ3v) is 7.29. The van der Waals surface area contributed by atoms with Crippen LogP contribution in [0.5, 0.6) is 5.75 Å². The van der Waals surface area contributed by atoms with Crippen molar-refractivity contribution in [1.82, 2.24) is 0 Å². The molecule has 0 amide bonds. The van der Waals surface area contributed by atoms with E-state index in [0.717, 1.165) is 59.3 Å². The summed E-state index contributed by atoms with van der Waals surface area (Å²) in [5.74, 6) is 2.57. The molecule has 1 N–H and O–H groups in total. The van der Waals surface area contributed by atoms with Gasteiger partial charge in [0, 0.05) is 11.1 Å². The summed E-state index contributed by atoms with van der Waals surface area (Å²) >= 11 is 0. The molecule has 0 heterocycles. The van der Waals surface area contributed by atoms with E-state index in [1.54, 1.807) is 12.1 Å². The van der Waals surface area contributed by atoms with Gasteiger partial charge in [-0.15, -0.1) is 0 Å². The molecule has 4 bridgehead atoms. The zero-order valence-electron chi connectivity index (χ0n) is 15.3. The number of rotatable bonds is 1. The average Bonchev–Trinajstić information content (AvgIpc) is 2.64. The van der Waals surface area contributed by atoms with Crippen molar-refractivity contribution in [3.8, 4) is 16.9 Å². The van der Waals surface area contributed by atoms with Gasteiger partial charge in [0.05, 0.1) is 5.54 Å².